The first kappa shape index (κ1) is 22.3. The average Bonchev–Trinajstić information content (AvgIpc) is 2.69. The van der Waals surface area contributed by atoms with Crippen LogP contribution in [0.4, 0.5) is 0 Å². The summed E-state index contributed by atoms with van der Waals surface area (Å²) < 4.78 is 11.2. The van der Waals surface area contributed by atoms with Crippen LogP contribution in [0.5, 0.6) is 11.5 Å². The first-order valence-electron chi connectivity index (χ1n) is 9.60. The Labute approximate surface area is 171 Å². The number of oxime groups is 1. The fourth-order valence-electron chi connectivity index (χ4n) is 2.81. The van der Waals surface area contributed by atoms with Crippen LogP contribution >= 0.6 is 0 Å². The lowest BCUT2D eigenvalue weighted by Gasteiger charge is -2.22. The molecule has 0 aliphatic rings. The van der Waals surface area contributed by atoms with Crippen LogP contribution < -0.4 is 4.74 Å². The zero-order valence-corrected chi connectivity index (χ0v) is 17.4. The third-order valence-corrected chi connectivity index (χ3v) is 4.76. The van der Waals surface area contributed by atoms with E-state index < -0.39 is 5.41 Å². The highest BCUT2D eigenvalue weighted by atomic mass is 16.5. The lowest BCUT2D eigenvalue weighted by atomic mass is 9.88. The van der Waals surface area contributed by atoms with E-state index in [0.29, 0.717) is 25.0 Å². The number of aromatic hydroxyl groups is 1. The van der Waals surface area contributed by atoms with Gasteiger partial charge in [-0.25, -0.2) is 0 Å². The summed E-state index contributed by atoms with van der Waals surface area (Å²) >= 11 is 0. The maximum atomic E-state index is 12.5. The number of phenols is 1. The van der Waals surface area contributed by atoms with Crippen LogP contribution in [-0.4, -0.2) is 35.2 Å². The van der Waals surface area contributed by atoms with Gasteiger partial charge in [0.1, 0.15) is 23.8 Å². The van der Waals surface area contributed by atoms with Crippen LogP contribution in [0.3, 0.4) is 0 Å². The molecule has 0 aliphatic heterocycles. The van der Waals surface area contributed by atoms with Crippen molar-refractivity contribution in [3.8, 4) is 11.5 Å². The number of hydrogen-bond acceptors (Lipinski definition) is 6. The van der Waals surface area contributed by atoms with Crippen molar-refractivity contribution in [3.05, 3.63) is 59.2 Å². The number of carbonyl (C=O) groups is 1. The number of phenolic OH excluding ortho intramolecular Hbond substituents is 1. The van der Waals surface area contributed by atoms with Crippen molar-refractivity contribution in [1.82, 2.24) is 0 Å². The number of nitrogens with zero attached hydrogens (tertiary/aromatic N) is 1. The van der Waals surface area contributed by atoms with Crippen molar-refractivity contribution in [1.29, 1.82) is 0 Å². The van der Waals surface area contributed by atoms with Crippen LogP contribution in [0.15, 0.2) is 47.6 Å². The molecular formula is C23H29NO5. The fraction of sp³-hybridized carbons (Fsp3) is 0.391. The molecule has 6 nitrogen and oxygen atoms in total. The minimum atomic E-state index is -0.694. The molecule has 156 valence electrons. The molecule has 0 aliphatic carbocycles. The van der Waals surface area contributed by atoms with E-state index >= 15 is 0 Å². The maximum absolute atomic E-state index is 12.5. The number of hydrogen-bond donors (Lipinski definition) is 2. The summed E-state index contributed by atoms with van der Waals surface area (Å²) in [5.41, 5.74) is 2.31. The molecule has 2 rings (SSSR count). The molecule has 0 saturated heterocycles. The number of benzene rings is 2. The van der Waals surface area contributed by atoms with Gasteiger partial charge in [-0.3, -0.25) is 4.79 Å². The van der Waals surface area contributed by atoms with Gasteiger partial charge in [0.25, 0.3) is 0 Å². The quantitative estimate of drug-likeness (QED) is 0.211. The highest BCUT2D eigenvalue weighted by Gasteiger charge is 2.29. The second-order valence-corrected chi connectivity index (χ2v) is 7.77. The lowest BCUT2D eigenvalue weighted by molar-refractivity contribution is -0.152. The van der Waals surface area contributed by atoms with Gasteiger partial charge in [0.05, 0.1) is 12.0 Å². The van der Waals surface area contributed by atoms with Gasteiger partial charge in [-0.15, -0.1) is 0 Å². The van der Waals surface area contributed by atoms with Gasteiger partial charge < -0.3 is 19.8 Å². The Morgan fingerprint density at radius 3 is 2.45 bits per heavy atom. The van der Waals surface area contributed by atoms with Crippen LogP contribution in [-0.2, 0) is 9.53 Å². The Morgan fingerprint density at radius 1 is 1.10 bits per heavy atom. The first-order chi connectivity index (χ1) is 13.7. The Morgan fingerprint density at radius 2 is 1.79 bits per heavy atom. The van der Waals surface area contributed by atoms with Gasteiger partial charge in [-0.05, 0) is 82.0 Å². The summed E-state index contributed by atoms with van der Waals surface area (Å²) in [6, 6.07) is 12.2. The van der Waals surface area contributed by atoms with Gasteiger partial charge >= 0.3 is 5.97 Å². The molecule has 0 amide bonds. The molecule has 0 aromatic heterocycles. The summed E-state index contributed by atoms with van der Waals surface area (Å²) in [5.74, 6) is 0.597. The second-order valence-electron chi connectivity index (χ2n) is 7.77. The molecule has 2 aromatic rings. The molecule has 29 heavy (non-hydrogen) atoms. The highest BCUT2D eigenvalue weighted by molar-refractivity contribution is 6.02. The van der Waals surface area contributed by atoms with E-state index in [1.807, 2.05) is 45.9 Å². The highest BCUT2D eigenvalue weighted by Crippen LogP contribution is 2.25. The summed E-state index contributed by atoms with van der Waals surface area (Å²) in [5, 5.41) is 21.8. The van der Waals surface area contributed by atoms with Crippen LogP contribution in [0.1, 0.15) is 43.4 Å². The maximum Gasteiger partial charge on any atom is 0.311 e. The van der Waals surface area contributed by atoms with Gasteiger partial charge in [0, 0.05) is 5.56 Å². The van der Waals surface area contributed by atoms with Crippen molar-refractivity contribution in [2.24, 2.45) is 10.6 Å². The van der Waals surface area contributed by atoms with Gasteiger partial charge in [-0.2, -0.15) is 0 Å². The largest absolute Gasteiger partial charge is 0.508 e. The molecule has 0 saturated carbocycles. The molecular weight excluding hydrogens is 370 g/mol. The topological polar surface area (TPSA) is 88.4 Å². The van der Waals surface area contributed by atoms with Crippen LogP contribution in [0.2, 0.25) is 0 Å². The SMILES string of the molecule is Cc1ccc(C)c(OCCCC(C)(C)C(=O)OC/C(=N/O)c2ccc(O)cc2)c1. The Bertz CT molecular complexity index is 856. The predicted octanol–water partition coefficient (Wildman–Crippen LogP) is 4.62. The standard InChI is InChI=1S/C23H29NO5/c1-16-6-7-17(2)21(14-16)28-13-5-12-23(3,4)22(26)29-15-20(24-27)18-8-10-19(25)11-9-18/h6-11,14,25,27H,5,12-13,15H2,1-4H3/b24-20-. The van der Waals surface area contributed by atoms with Crippen molar-refractivity contribution in [3.63, 3.8) is 0 Å². The molecule has 2 aromatic carbocycles. The van der Waals surface area contributed by atoms with E-state index in [1.165, 1.54) is 12.1 Å². The summed E-state index contributed by atoms with van der Waals surface area (Å²) in [4.78, 5) is 12.5. The van der Waals surface area contributed by atoms with Crippen molar-refractivity contribution in [2.45, 2.75) is 40.5 Å². The van der Waals surface area contributed by atoms with Gasteiger partial charge in [0.15, 0.2) is 0 Å². The summed E-state index contributed by atoms with van der Waals surface area (Å²) in [7, 11) is 0. The molecule has 0 radical (unpaired) electrons. The Balaban J connectivity index is 1.82. The number of carbonyl (C=O) groups excluding carboxylic acids is 1. The Hall–Kier alpha value is -3.02. The second kappa shape index (κ2) is 9.96. The normalized spacial score (nSPS) is 11.9. The Kier molecular flexibility index (Phi) is 7.65. The van der Waals surface area contributed by atoms with Crippen LogP contribution in [0, 0.1) is 19.3 Å². The molecule has 0 bridgehead atoms. The zero-order valence-electron chi connectivity index (χ0n) is 17.4. The number of aryl methyl sites for hydroxylation is 2. The molecule has 0 fully saturated rings. The smallest absolute Gasteiger partial charge is 0.311 e. The average molecular weight is 399 g/mol. The van der Waals surface area contributed by atoms with E-state index in [1.54, 1.807) is 12.1 Å². The van der Waals surface area contributed by atoms with Gasteiger partial charge in [0.2, 0.25) is 0 Å². The zero-order chi connectivity index (χ0) is 21.4. The number of rotatable bonds is 9. The summed E-state index contributed by atoms with van der Waals surface area (Å²) in [6.07, 6.45) is 1.30. The monoisotopic (exact) mass is 399 g/mol. The van der Waals surface area contributed by atoms with Crippen molar-refractivity contribution >= 4 is 11.7 Å². The molecule has 0 heterocycles. The first-order valence-corrected chi connectivity index (χ1v) is 9.60. The van der Waals surface area contributed by atoms with E-state index in [-0.39, 0.29) is 24.0 Å². The fourth-order valence-corrected chi connectivity index (χ4v) is 2.81. The van der Waals surface area contributed by atoms with Crippen molar-refractivity contribution in [2.75, 3.05) is 13.2 Å². The van der Waals surface area contributed by atoms with Crippen molar-refractivity contribution < 1.29 is 24.6 Å². The van der Waals surface area contributed by atoms with E-state index in [2.05, 4.69) is 5.16 Å². The van der Waals surface area contributed by atoms with E-state index in [9.17, 15) is 15.1 Å². The summed E-state index contributed by atoms with van der Waals surface area (Å²) in [6.45, 7) is 8.03. The number of ether oxygens (including phenoxy) is 2. The predicted molar refractivity (Wildman–Crippen MR) is 112 cm³/mol. The molecule has 2 N–H and O–H groups in total. The van der Waals surface area contributed by atoms with Crippen LogP contribution in [0.25, 0.3) is 0 Å². The molecule has 0 atom stereocenters. The van der Waals surface area contributed by atoms with Gasteiger partial charge in [-0.1, -0.05) is 17.3 Å². The molecule has 6 heteroatoms. The van der Waals surface area contributed by atoms with E-state index in [4.69, 9.17) is 9.47 Å². The minimum absolute atomic E-state index is 0.104. The third-order valence-electron chi connectivity index (χ3n) is 4.76. The number of esters is 1. The molecule has 0 unspecified atom stereocenters. The third kappa shape index (κ3) is 6.52. The lowest BCUT2D eigenvalue weighted by Crippen LogP contribution is -2.29. The van der Waals surface area contributed by atoms with E-state index in [0.717, 1.165) is 16.9 Å². The minimum Gasteiger partial charge on any atom is -0.508 e. The molecule has 0 spiro atoms.